The molecule has 1 N–H and O–H groups in total. The van der Waals surface area contributed by atoms with E-state index < -0.39 is 6.61 Å². The maximum absolute atomic E-state index is 12.1. The highest BCUT2D eigenvalue weighted by molar-refractivity contribution is 5.76. The Hall–Kier alpha value is -3.29. The van der Waals surface area contributed by atoms with Crippen molar-refractivity contribution >= 4 is 5.91 Å². The number of aryl methyl sites for hydroxylation is 1. The number of rotatable bonds is 8. The first-order valence-corrected chi connectivity index (χ1v) is 8.28. The molecule has 3 rings (SSSR count). The lowest BCUT2D eigenvalue weighted by Gasteiger charge is -2.07. The van der Waals surface area contributed by atoms with Crippen molar-refractivity contribution in [3.63, 3.8) is 0 Å². The highest BCUT2D eigenvalue weighted by atomic mass is 19.3. The molecule has 0 fully saturated rings. The third-order valence-corrected chi connectivity index (χ3v) is 3.69. The van der Waals surface area contributed by atoms with E-state index in [4.69, 9.17) is 4.42 Å². The molecule has 0 unspecified atom stereocenters. The molecule has 0 bridgehead atoms. The number of halogens is 2. The zero-order valence-corrected chi connectivity index (χ0v) is 14.3. The molecular formula is C19H17F2N3O3. The van der Waals surface area contributed by atoms with Crippen LogP contribution in [-0.2, 0) is 17.8 Å². The van der Waals surface area contributed by atoms with Crippen molar-refractivity contribution in [2.75, 3.05) is 0 Å². The van der Waals surface area contributed by atoms with Crippen molar-refractivity contribution in [1.82, 2.24) is 15.5 Å². The topological polar surface area (TPSA) is 77.2 Å². The number of nitrogens with one attached hydrogen (secondary N) is 1. The maximum Gasteiger partial charge on any atom is 0.387 e. The Morgan fingerprint density at radius 2 is 1.81 bits per heavy atom. The summed E-state index contributed by atoms with van der Waals surface area (Å²) in [6.45, 7) is -2.57. The SMILES string of the molecule is O=C(CCc1nnc(-c2ccccc2)o1)NCc1ccc(OC(F)F)cc1. The Balaban J connectivity index is 1.44. The lowest BCUT2D eigenvalue weighted by molar-refractivity contribution is -0.121. The summed E-state index contributed by atoms with van der Waals surface area (Å²) in [5.41, 5.74) is 1.59. The molecule has 0 aliphatic carbocycles. The lowest BCUT2D eigenvalue weighted by atomic mass is 10.2. The molecule has 0 saturated carbocycles. The number of ether oxygens (including phenoxy) is 1. The zero-order chi connectivity index (χ0) is 19.1. The Kier molecular flexibility index (Phi) is 6.09. The standard InChI is InChI=1S/C19H17F2N3O3/c20-19(21)26-15-8-6-13(7-9-15)12-22-16(25)10-11-17-23-24-18(27-17)14-4-2-1-3-5-14/h1-9,19H,10-12H2,(H,22,25). The number of hydrogen-bond acceptors (Lipinski definition) is 5. The van der Waals surface area contributed by atoms with E-state index in [9.17, 15) is 13.6 Å². The first kappa shape index (κ1) is 18.5. The molecule has 27 heavy (non-hydrogen) atoms. The molecule has 1 heterocycles. The van der Waals surface area contributed by atoms with Gasteiger partial charge in [0.1, 0.15) is 5.75 Å². The summed E-state index contributed by atoms with van der Waals surface area (Å²) in [4.78, 5) is 12.0. The highest BCUT2D eigenvalue weighted by Crippen LogP contribution is 2.17. The Morgan fingerprint density at radius 3 is 2.52 bits per heavy atom. The first-order chi connectivity index (χ1) is 13.1. The van der Waals surface area contributed by atoms with Gasteiger partial charge in [-0.1, -0.05) is 30.3 Å². The van der Waals surface area contributed by atoms with Crippen LogP contribution in [0.1, 0.15) is 17.9 Å². The summed E-state index contributed by atoms with van der Waals surface area (Å²) in [6, 6.07) is 15.4. The van der Waals surface area contributed by atoms with Crippen LogP contribution in [0.15, 0.2) is 59.0 Å². The van der Waals surface area contributed by atoms with Crippen molar-refractivity contribution in [2.45, 2.75) is 26.0 Å². The average molecular weight is 373 g/mol. The summed E-state index contributed by atoms with van der Waals surface area (Å²) in [7, 11) is 0. The molecule has 0 spiro atoms. The number of carbonyl (C=O) groups excluding carboxylic acids is 1. The average Bonchev–Trinajstić information content (AvgIpc) is 3.15. The smallest absolute Gasteiger partial charge is 0.387 e. The van der Waals surface area contributed by atoms with Gasteiger partial charge in [-0.3, -0.25) is 4.79 Å². The van der Waals surface area contributed by atoms with Crippen LogP contribution >= 0.6 is 0 Å². The molecule has 1 amide bonds. The van der Waals surface area contributed by atoms with E-state index in [-0.39, 0.29) is 24.6 Å². The van der Waals surface area contributed by atoms with E-state index in [0.29, 0.717) is 18.2 Å². The van der Waals surface area contributed by atoms with Crippen LogP contribution in [0, 0.1) is 0 Å². The summed E-state index contributed by atoms with van der Waals surface area (Å²) in [5, 5.41) is 10.7. The fraction of sp³-hybridized carbons (Fsp3) is 0.211. The molecule has 6 nitrogen and oxygen atoms in total. The molecule has 0 aliphatic heterocycles. The van der Waals surface area contributed by atoms with E-state index in [2.05, 4.69) is 20.3 Å². The lowest BCUT2D eigenvalue weighted by Crippen LogP contribution is -2.23. The zero-order valence-electron chi connectivity index (χ0n) is 14.3. The summed E-state index contributed by atoms with van der Waals surface area (Å²) in [6.07, 6.45) is 0.524. The van der Waals surface area contributed by atoms with Gasteiger partial charge >= 0.3 is 6.61 Å². The molecule has 140 valence electrons. The van der Waals surface area contributed by atoms with E-state index in [1.807, 2.05) is 30.3 Å². The fourth-order valence-corrected chi connectivity index (χ4v) is 2.35. The molecular weight excluding hydrogens is 356 g/mol. The van der Waals surface area contributed by atoms with Gasteiger partial charge in [0, 0.05) is 24.9 Å². The van der Waals surface area contributed by atoms with Gasteiger partial charge in [0.2, 0.25) is 17.7 Å². The first-order valence-electron chi connectivity index (χ1n) is 8.28. The second kappa shape index (κ2) is 8.88. The molecule has 1 aromatic heterocycles. The van der Waals surface area contributed by atoms with Gasteiger partial charge in [-0.15, -0.1) is 10.2 Å². The Bertz CT molecular complexity index is 867. The predicted octanol–water partition coefficient (Wildman–Crippen LogP) is 3.59. The van der Waals surface area contributed by atoms with Crippen LogP contribution in [0.3, 0.4) is 0 Å². The molecule has 0 radical (unpaired) electrons. The van der Waals surface area contributed by atoms with Crippen LogP contribution in [0.2, 0.25) is 0 Å². The van der Waals surface area contributed by atoms with Crippen LogP contribution < -0.4 is 10.1 Å². The van der Waals surface area contributed by atoms with Gasteiger partial charge in [-0.25, -0.2) is 0 Å². The van der Waals surface area contributed by atoms with Crippen molar-refractivity contribution in [2.24, 2.45) is 0 Å². The largest absolute Gasteiger partial charge is 0.435 e. The minimum Gasteiger partial charge on any atom is -0.435 e. The summed E-state index contributed by atoms with van der Waals surface area (Å²) < 4.78 is 34.0. The number of benzene rings is 2. The number of alkyl halides is 2. The van der Waals surface area contributed by atoms with Gasteiger partial charge in [0.15, 0.2) is 0 Å². The van der Waals surface area contributed by atoms with E-state index in [0.717, 1.165) is 11.1 Å². The molecule has 8 heteroatoms. The fourth-order valence-electron chi connectivity index (χ4n) is 2.35. The molecule has 0 aliphatic rings. The minimum absolute atomic E-state index is 0.0747. The summed E-state index contributed by atoms with van der Waals surface area (Å²) in [5.74, 6) is 0.697. The van der Waals surface area contributed by atoms with Crippen LogP contribution in [0.4, 0.5) is 8.78 Å². The highest BCUT2D eigenvalue weighted by Gasteiger charge is 2.10. The third kappa shape index (κ3) is 5.60. The van der Waals surface area contributed by atoms with Crippen LogP contribution in [0.5, 0.6) is 5.75 Å². The summed E-state index contributed by atoms with van der Waals surface area (Å²) >= 11 is 0. The van der Waals surface area contributed by atoms with Gasteiger partial charge < -0.3 is 14.5 Å². The second-order valence-corrected chi connectivity index (χ2v) is 5.67. The van der Waals surface area contributed by atoms with E-state index >= 15 is 0 Å². The third-order valence-electron chi connectivity index (χ3n) is 3.69. The van der Waals surface area contributed by atoms with E-state index in [1.165, 1.54) is 12.1 Å². The Labute approximate surface area is 154 Å². The van der Waals surface area contributed by atoms with Crippen molar-refractivity contribution < 1.29 is 22.7 Å². The number of aromatic nitrogens is 2. The van der Waals surface area contributed by atoms with Crippen LogP contribution in [-0.4, -0.2) is 22.7 Å². The second-order valence-electron chi connectivity index (χ2n) is 5.67. The number of nitrogens with zero attached hydrogens (tertiary/aromatic N) is 2. The minimum atomic E-state index is -2.86. The molecule has 0 saturated heterocycles. The number of amides is 1. The maximum atomic E-state index is 12.1. The number of hydrogen-bond donors (Lipinski definition) is 1. The van der Waals surface area contributed by atoms with Gasteiger partial charge in [0.25, 0.3) is 0 Å². The van der Waals surface area contributed by atoms with E-state index in [1.54, 1.807) is 12.1 Å². The quantitative estimate of drug-likeness (QED) is 0.653. The molecule has 2 aromatic carbocycles. The van der Waals surface area contributed by atoms with Crippen molar-refractivity contribution in [1.29, 1.82) is 0 Å². The molecule has 0 atom stereocenters. The predicted molar refractivity (Wildman–Crippen MR) is 93.0 cm³/mol. The monoisotopic (exact) mass is 373 g/mol. The van der Waals surface area contributed by atoms with Gasteiger partial charge in [0.05, 0.1) is 0 Å². The normalized spacial score (nSPS) is 10.8. The van der Waals surface area contributed by atoms with Gasteiger partial charge in [-0.2, -0.15) is 8.78 Å². The van der Waals surface area contributed by atoms with Gasteiger partial charge in [-0.05, 0) is 29.8 Å². The van der Waals surface area contributed by atoms with Crippen molar-refractivity contribution in [3.05, 3.63) is 66.1 Å². The van der Waals surface area contributed by atoms with Crippen LogP contribution in [0.25, 0.3) is 11.5 Å². The molecule has 3 aromatic rings. The number of carbonyl (C=O) groups is 1. The Morgan fingerprint density at radius 1 is 1.07 bits per heavy atom. The van der Waals surface area contributed by atoms with Crippen molar-refractivity contribution in [3.8, 4) is 17.2 Å².